The number of sulfonamides is 1. The minimum Gasteiger partial charge on any atom is -0.339 e. The molecular weight excluding hydrogens is 258 g/mol. The molecule has 90 valence electrons. The van der Waals surface area contributed by atoms with Gasteiger partial charge in [0.2, 0.25) is 10.0 Å². The van der Waals surface area contributed by atoms with Gasteiger partial charge < -0.3 is 4.57 Å². The van der Waals surface area contributed by atoms with Crippen LogP contribution in [0.1, 0.15) is 0 Å². The number of aryl methyl sites for hydroxylation is 1. The van der Waals surface area contributed by atoms with Crippen molar-refractivity contribution < 1.29 is 8.42 Å². The molecule has 0 saturated heterocycles. The van der Waals surface area contributed by atoms with Crippen LogP contribution in [0.5, 0.6) is 0 Å². The van der Waals surface area contributed by atoms with Gasteiger partial charge in [-0.2, -0.15) is 0 Å². The minimum absolute atomic E-state index is 0.114. The SMILES string of the molecule is Cn1cnc(Sc2ccc(S(N)(=O)=O)cc2)c1. The number of hydrogen-bond acceptors (Lipinski definition) is 4. The summed E-state index contributed by atoms with van der Waals surface area (Å²) >= 11 is 1.46. The van der Waals surface area contributed by atoms with Gasteiger partial charge in [0.1, 0.15) is 5.03 Å². The monoisotopic (exact) mass is 269 g/mol. The van der Waals surface area contributed by atoms with Crippen molar-refractivity contribution in [2.75, 3.05) is 0 Å². The highest BCUT2D eigenvalue weighted by Gasteiger charge is 2.07. The first kappa shape index (κ1) is 12.2. The molecule has 1 aromatic heterocycles. The van der Waals surface area contributed by atoms with Crippen molar-refractivity contribution in [1.82, 2.24) is 9.55 Å². The van der Waals surface area contributed by atoms with Crippen molar-refractivity contribution in [3.63, 3.8) is 0 Å². The van der Waals surface area contributed by atoms with Gasteiger partial charge in [0.15, 0.2) is 0 Å². The number of rotatable bonds is 3. The van der Waals surface area contributed by atoms with Crippen LogP contribution in [0.15, 0.2) is 51.6 Å². The lowest BCUT2D eigenvalue weighted by molar-refractivity contribution is 0.597. The second kappa shape index (κ2) is 4.52. The summed E-state index contributed by atoms with van der Waals surface area (Å²) < 4.78 is 24.0. The van der Waals surface area contributed by atoms with E-state index < -0.39 is 10.0 Å². The zero-order valence-electron chi connectivity index (χ0n) is 9.07. The van der Waals surface area contributed by atoms with Gasteiger partial charge in [-0.1, -0.05) is 11.8 Å². The number of aromatic nitrogens is 2. The molecule has 2 N–H and O–H groups in total. The highest BCUT2D eigenvalue weighted by molar-refractivity contribution is 7.99. The summed E-state index contributed by atoms with van der Waals surface area (Å²) in [6.07, 6.45) is 3.60. The van der Waals surface area contributed by atoms with Crippen LogP contribution in [-0.4, -0.2) is 18.0 Å². The molecular formula is C10H11N3O2S2. The van der Waals surface area contributed by atoms with Crippen LogP contribution in [0, 0.1) is 0 Å². The number of nitrogens with zero attached hydrogens (tertiary/aromatic N) is 2. The molecule has 0 radical (unpaired) electrons. The summed E-state index contributed by atoms with van der Waals surface area (Å²) in [4.78, 5) is 5.19. The van der Waals surface area contributed by atoms with Crippen molar-refractivity contribution in [1.29, 1.82) is 0 Å². The van der Waals surface area contributed by atoms with Crippen molar-refractivity contribution in [3.05, 3.63) is 36.8 Å². The van der Waals surface area contributed by atoms with Crippen LogP contribution in [-0.2, 0) is 17.1 Å². The maximum absolute atomic E-state index is 11.1. The summed E-state index contributed by atoms with van der Waals surface area (Å²) in [5.74, 6) is 0. The first-order valence-electron chi connectivity index (χ1n) is 4.74. The Labute approximate surface area is 104 Å². The lowest BCUT2D eigenvalue weighted by atomic mass is 10.4. The molecule has 0 aliphatic heterocycles. The molecule has 0 fully saturated rings. The number of hydrogen-bond donors (Lipinski definition) is 1. The molecule has 0 aliphatic carbocycles. The van der Waals surface area contributed by atoms with Gasteiger partial charge in [-0.25, -0.2) is 18.5 Å². The number of primary sulfonamides is 1. The molecule has 2 rings (SSSR count). The maximum atomic E-state index is 11.1. The Bertz CT molecular complexity index is 617. The Morgan fingerprint density at radius 1 is 1.29 bits per heavy atom. The van der Waals surface area contributed by atoms with Crippen LogP contribution < -0.4 is 5.14 Å². The van der Waals surface area contributed by atoms with Gasteiger partial charge in [-0.3, -0.25) is 0 Å². The van der Waals surface area contributed by atoms with E-state index in [1.54, 1.807) is 18.5 Å². The van der Waals surface area contributed by atoms with E-state index in [1.165, 1.54) is 23.9 Å². The molecule has 7 heteroatoms. The highest BCUT2D eigenvalue weighted by atomic mass is 32.2. The van der Waals surface area contributed by atoms with Crippen LogP contribution in [0.25, 0.3) is 0 Å². The maximum Gasteiger partial charge on any atom is 0.238 e. The summed E-state index contributed by atoms with van der Waals surface area (Å²) in [5.41, 5.74) is 0. The molecule has 0 bridgehead atoms. The van der Waals surface area contributed by atoms with E-state index in [-0.39, 0.29) is 4.90 Å². The molecule has 0 aliphatic rings. The standard InChI is InChI=1S/C10H11N3O2S2/c1-13-6-10(12-7-13)16-8-2-4-9(5-3-8)17(11,14)15/h2-7H,1H3,(H2,11,14,15). The molecule has 1 heterocycles. The Balaban J connectivity index is 2.19. The molecule has 0 atom stereocenters. The fourth-order valence-corrected chi connectivity index (χ4v) is 2.61. The smallest absolute Gasteiger partial charge is 0.238 e. The number of nitrogens with two attached hydrogens (primary N) is 1. The zero-order chi connectivity index (χ0) is 12.5. The summed E-state index contributed by atoms with van der Waals surface area (Å²) in [6.45, 7) is 0. The van der Waals surface area contributed by atoms with Crippen molar-refractivity contribution in [2.45, 2.75) is 14.8 Å². The second-order valence-corrected chi connectivity index (χ2v) is 6.15. The van der Waals surface area contributed by atoms with Crippen molar-refractivity contribution in [2.24, 2.45) is 12.2 Å². The average Bonchev–Trinajstić information content (AvgIpc) is 2.63. The van der Waals surface area contributed by atoms with Crippen molar-refractivity contribution >= 4 is 21.8 Å². The lowest BCUT2D eigenvalue weighted by Gasteiger charge is -2.00. The molecule has 0 amide bonds. The molecule has 2 aromatic rings. The third-order valence-corrected chi connectivity index (χ3v) is 3.91. The van der Waals surface area contributed by atoms with Crippen LogP contribution >= 0.6 is 11.8 Å². The number of benzene rings is 1. The Morgan fingerprint density at radius 3 is 2.41 bits per heavy atom. The fourth-order valence-electron chi connectivity index (χ4n) is 1.26. The van der Waals surface area contributed by atoms with Gasteiger partial charge in [-0.15, -0.1) is 0 Å². The predicted octanol–water partition coefficient (Wildman–Crippen LogP) is 1.22. The molecule has 0 unspecified atom stereocenters. The summed E-state index contributed by atoms with van der Waals surface area (Å²) in [5, 5.41) is 5.87. The zero-order valence-corrected chi connectivity index (χ0v) is 10.7. The van der Waals surface area contributed by atoms with E-state index in [9.17, 15) is 8.42 Å². The summed E-state index contributed by atoms with van der Waals surface area (Å²) in [7, 11) is -1.73. The van der Waals surface area contributed by atoms with E-state index in [0.717, 1.165) is 9.92 Å². The molecule has 0 saturated carbocycles. The van der Waals surface area contributed by atoms with Gasteiger partial charge in [0.05, 0.1) is 11.2 Å². The predicted molar refractivity (Wildman–Crippen MR) is 65.1 cm³/mol. The van der Waals surface area contributed by atoms with E-state index in [0.29, 0.717) is 0 Å². The first-order chi connectivity index (χ1) is 7.95. The number of imidazole rings is 1. The van der Waals surface area contributed by atoms with Crippen LogP contribution in [0.2, 0.25) is 0 Å². The average molecular weight is 269 g/mol. The molecule has 1 aromatic carbocycles. The van der Waals surface area contributed by atoms with Crippen molar-refractivity contribution in [3.8, 4) is 0 Å². The van der Waals surface area contributed by atoms with E-state index >= 15 is 0 Å². The molecule has 5 nitrogen and oxygen atoms in total. The van der Waals surface area contributed by atoms with Gasteiger partial charge in [0.25, 0.3) is 0 Å². The third kappa shape index (κ3) is 3.09. The normalized spacial score (nSPS) is 11.6. The second-order valence-electron chi connectivity index (χ2n) is 3.50. The van der Waals surface area contributed by atoms with Gasteiger partial charge in [0, 0.05) is 18.1 Å². The quantitative estimate of drug-likeness (QED) is 0.908. The van der Waals surface area contributed by atoms with Gasteiger partial charge in [-0.05, 0) is 24.3 Å². The third-order valence-electron chi connectivity index (χ3n) is 2.06. The Kier molecular flexibility index (Phi) is 3.23. The summed E-state index contributed by atoms with van der Waals surface area (Å²) in [6, 6.07) is 6.39. The van der Waals surface area contributed by atoms with Crippen LogP contribution in [0.3, 0.4) is 0 Å². The van der Waals surface area contributed by atoms with E-state index in [2.05, 4.69) is 4.98 Å². The van der Waals surface area contributed by atoms with E-state index in [1.807, 2.05) is 17.8 Å². The minimum atomic E-state index is -3.62. The van der Waals surface area contributed by atoms with Crippen LogP contribution in [0.4, 0.5) is 0 Å². The van der Waals surface area contributed by atoms with Gasteiger partial charge >= 0.3 is 0 Å². The van der Waals surface area contributed by atoms with E-state index in [4.69, 9.17) is 5.14 Å². The Morgan fingerprint density at radius 2 is 1.94 bits per heavy atom. The largest absolute Gasteiger partial charge is 0.339 e. The fraction of sp³-hybridized carbons (Fsp3) is 0.100. The highest BCUT2D eigenvalue weighted by Crippen LogP contribution is 2.26. The topological polar surface area (TPSA) is 78.0 Å². The Hall–Kier alpha value is -1.31. The molecule has 17 heavy (non-hydrogen) atoms. The lowest BCUT2D eigenvalue weighted by Crippen LogP contribution is -2.11. The molecule has 0 spiro atoms. The first-order valence-corrected chi connectivity index (χ1v) is 7.10.